The van der Waals surface area contributed by atoms with Crippen LogP contribution in [-0.2, 0) is 12.8 Å². The summed E-state index contributed by atoms with van der Waals surface area (Å²) in [5, 5.41) is 4.68. The van der Waals surface area contributed by atoms with Gasteiger partial charge in [0.05, 0.1) is 11.7 Å². The summed E-state index contributed by atoms with van der Waals surface area (Å²) in [5.41, 5.74) is 5.11. The highest BCUT2D eigenvalue weighted by Gasteiger charge is 2.30. The van der Waals surface area contributed by atoms with Gasteiger partial charge in [-0.1, -0.05) is 24.3 Å². The number of amides is 1. The van der Waals surface area contributed by atoms with Crippen molar-refractivity contribution in [3.05, 3.63) is 82.2 Å². The lowest BCUT2D eigenvalue weighted by Gasteiger charge is -2.25. The predicted molar refractivity (Wildman–Crippen MR) is 107 cm³/mol. The minimum absolute atomic E-state index is 0.215. The number of carbonyl (C=O) groups excluding carboxylic acids is 1. The molecule has 0 bridgehead atoms. The van der Waals surface area contributed by atoms with Crippen molar-refractivity contribution in [1.29, 1.82) is 0 Å². The Morgan fingerprint density at radius 3 is 2.62 bits per heavy atom. The smallest absolute Gasteiger partial charge is 0.274 e. The SMILES string of the molecule is Cc1ccccc1-n1nc(C(=O)N(C)C(C)c2ccc(F)c(F)c2)c2c1CCC2. The molecule has 150 valence electrons. The molecule has 1 aromatic heterocycles. The molecular formula is C23H23F2N3O. The van der Waals surface area contributed by atoms with E-state index >= 15 is 0 Å². The van der Waals surface area contributed by atoms with Crippen LogP contribution in [0.2, 0.25) is 0 Å². The predicted octanol–water partition coefficient (Wildman–Crippen LogP) is 4.78. The standard InChI is InChI=1S/C23H23F2N3O/c1-14-7-4-5-9-20(14)28-21-10-6-8-17(21)22(26-28)23(29)27(3)15(2)16-11-12-18(24)19(25)13-16/h4-5,7,9,11-13,15H,6,8,10H2,1-3H3. The Balaban J connectivity index is 1.69. The lowest BCUT2D eigenvalue weighted by atomic mass is 10.1. The fourth-order valence-corrected chi connectivity index (χ4v) is 3.95. The van der Waals surface area contributed by atoms with Gasteiger partial charge in [-0.3, -0.25) is 4.79 Å². The number of hydrogen-bond acceptors (Lipinski definition) is 2. The normalized spacial score (nSPS) is 14.0. The molecule has 1 heterocycles. The molecular weight excluding hydrogens is 372 g/mol. The van der Waals surface area contributed by atoms with Crippen molar-refractivity contribution in [3.8, 4) is 5.69 Å². The van der Waals surface area contributed by atoms with Crippen molar-refractivity contribution in [2.45, 2.75) is 39.2 Å². The Kier molecular flexibility index (Phi) is 4.94. The molecule has 0 aliphatic heterocycles. The van der Waals surface area contributed by atoms with E-state index in [1.807, 2.05) is 35.9 Å². The topological polar surface area (TPSA) is 38.1 Å². The number of rotatable bonds is 4. The minimum atomic E-state index is -0.917. The van der Waals surface area contributed by atoms with E-state index in [9.17, 15) is 13.6 Å². The summed E-state index contributed by atoms with van der Waals surface area (Å²) in [5.74, 6) is -2.03. The molecule has 0 radical (unpaired) electrons. The summed E-state index contributed by atoms with van der Waals surface area (Å²) < 4.78 is 28.8. The second-order valence-corrected chi connectivity index (χ2v) is 7.59. The number of para-hydroxylation sites is 1. The number of carbonyl (C=O) groups is 1. The zero-order valence-corrected chi connectivity index (χ0v) is 16.7. The van der Waals surface area contributed by atoms with Crippen molar-refractivity contribution in [2.75, 3.05) is 7.05 Å². The van der Waals surface area contributed by atoms with Crippen molar-refractivity contribution < 1.29 is 13.6 Å². The minimum Gasteiger partial charge on any atom is -0.334 e. The quantitative estimate of drug-likeness (QED) is 0.638. The maximum absolute atomic E-state index is 13.6. The Morgan fingerprint density at radius 2 is 1.90 bits per heavy atom. The van der Waals surface area contributed by atoms with Gasteiger partial charge in [0.15, 0.2) is 17.3 Å². The van der Waals surface area contributed by atoms with Gasteiger partial charge in [0.1, 0.15) is 0 Å². The lowest BCUT2D eigenvalue weighted by Crippen LogP contribution is -2.30. The molecule has 2 aromatic carbocycles. The molecule has 1 unspecified atom stereocenters. The number of aryl methyl sites for hydroxylation is 1. The molecule has 0 fully saturated rings. The Hall–Kier alpha value is -3.02. The fourth-order valence-electron chi connectivity index (χ4n) is 3.95. The number of nitrogens with zero attached hydrogens (tertiary/aromatic N) is 3. The summed E-state index contributed by atoms with van der Waals surface area (Å²) in [4.78, 5) is 14.8. The van der Waals surface area contributed by atoms with Crippen LogP contribution in [0.15, 0.2) is 42.5 Å². The maximum Gasteiger partial charge on any atom is 0.274 e. The third-order valence-corrected chi connectivity index (χ3v) is 5.80. The van der Waals surface area contributed by atoms with Gasteiger partial charge < -0.3 is 4.90 Å². The average Bonchev–Trinajstić information content (AvgIpc) is 3.32. The van der Waals surface area contributed by atoms with Crippen LogP contribution in [0.1, 0.15) is 52.3 Å². The molecule has 1 aliphatic rings. The van der Waals surface area contributed by atoms with E-state index < -0.39 is 17.7 Å². The first-order valence-corrected chi connectivity index (χ1v) is 9.77. The Labute approximate surface area is 168 Å². The van der Waals surface area contributed by atoms with E-state index in [1.54, 1.807) is 14.0 Å². The van der Waals surface area contributed by atoms with Gasteiger partial charge in [-0.2, -0.15) is 5.10 Å². The van der Waals surface area contributed by atoms with Crippen LogP contribution in [0, 0.1) is 18.6 Å². The molecule has 1 atom stereocenters. The van der Waals surface area contributed by atoms with Gasteiger partial charge in [-0.25, -0.2) is 13.5 Å². The number of aromatic nitrogens is 2. The molecule has 3 aromatic rings. The average molecular weight is 395 g/mol. The second-order valence-electron chi connectivity index (χ2n) is 7.59. The zero-order valence-electron chi connectivity index (χ0n) is 16.7. The largest absolute Gasteiger partial charge is 0.334 e. The summed E-state index contributed by atoms with van der Waals surface area (Å²) >= 11 is 0. The van der Waals surface area contributed by atoms with Gasteiger partial charge in [-0.15, -0.1) is 0 Å². The van der Waals surface area contributed by atoms with Crippen LogP contribution in [0.4, 0.5) is 8.78 Å². The molecule has 1 amide bonds. The number of benzene rings is 2. The van der Waals surface area contributed by atoms with E-state index in [-0.39, 0.29) is 5.91 Å². The van der Waals surface area contributed by atoms with Crippen LogP contribution in [0.3, 0.4) is 0 Å². The van der Waals surface area contributed by atoms with E-state index in [4.69, 9.17) is 0 Å². The van der Waals surface area contributed by atoms with Crippen LogP contribution in [0.25, 0.3) is 5.69 Å². The molecule has 0 saturated carbocycles. The van der Waals surface area contributed by atoms with Crippen molar-refractivity contribution >= 4 is 5.91 Å². The second kappa shape index (κ2) is 7.43. The molecule has 6 heteroatoms. The molecule has 4 rings (SSSR count). The molecule has 0 N–H and O–H groups in total. The van der Waals surface area contributed by atoms with Crippen molar-refractivity contribution in [3.63, 3.8) is 0 Å². The molecule has 0 spiro atoms. The highest BCUT2D eigenvalue weighted by Crippen LogP contribution is 2.31. The van der Waals surface area contributed by atoms with Gasteiger partial charge >= 0.3 is 0 Å². The van der Waals surface area contributed by atoms with Crippen molar-refractivity contribution in [1.82, 2.24) is 14.7 Å². The third-order valence-electron chi connectivity index (χ3n) is 5.80. The fraction of sp³-hybridized carbons (Fsp3) is 0.304. The number of hydrogen-bond donors (Lipinski definition) is 0. The highest BCUT2D eigenvalue weighted by atomic mass is 19.2. The first kappa shape index (κ1) is 19.3. The van der Waals surface area contributed by atoms with E-state index in [1.165, 1.54) is 11.0 Å². The monoisotopic (exact) mass is 395 g/mol. The molecule has 4 nitrogen and oxygen atoms in total. The third kappa shape index (κ3) is 3.33. The molecule has 0 saturated heterocycles. The first-order valence-electron chi connectivity index (χ1n) is 9.77. The van der Waals surface area contributed by atoms with Crippen molar-refractivity contribution in [2.24, 2.45) is 0 Å². The van der Waals surface area contributed by atoms with Crippen LogP contribution < -0.4 is 0 Å². The maximum atomic E-state index is 13.6. The first-order chi connectivity index (χ1) is 13.9. The van der Waals surface area contributed by atoms with E-state index in [0.29, 0.717) is 11.3 Å². The van der Waals surface area contributed by atoms with Crippen LogP contribution in [-0.4, -0.2) is 27.6 Å². The Morgan fingerprint density at radius 1 is 1.14 bits per heavy atom. The Bertz CT molecular complexity index is 1090. The summed E-state index contributed by atoms with van der Waals surface area (Å²) in [6.45, 7) is 3.82. The summed E-state index contributed by atoms with van der Waals surface area (Å²) in [6.07, 6.45) is 2.68. The number of fused-ring (bicyclic) bond motifs is 1. The summed E-state index contributed by atoms with van der Waals surface area (Å²) in [6, 6.07) is 11.3. The van der Waals surface area contributed by atoms with E-state index in [0.717, 1.165) is 53.9 Å². The lowest BCUT2D eigenvalue weighted by molar-refractivity contribution is 0.0735. The molecule has 29 heavy (non-hydrogen) atoms. The van der Waals surface area contributed by atoms with Gasteiger partial charge in [0, 0.05) is 18.3 Å². The van der Waals surface area contributed by atoms with E-state index in [2.05, 4.69) is 5.10 Å². The highest BCUT2D eigenvalue weighted by molar-refractivity contribution is 5.94. The van der Waals surface area contributed by atoms with Gasteiger partial charge in [0.25, 0.3) is 5.91 Å². The molecule has 1 aliphatic carbocycles. The summed E-state index contributed by atoms with van der Waals surface area (Å²) in [7, 11) is 1.67. The number of halogens is 2. The van der Waals surface area contributed by atoms with Crippen LogP contribution in [0.5, 0.6) is 0 Å². The zero-order chi connectivity index (χ0) is 20.7. The van der Waals surface area contributed by atoms with Crippen LogP contribution >= 0.6 is 0 Å². The van der Waals surface area contributed by atoms with Gasteiger partial charge in [0.2, 0.25) is 0 Å². The van der Waals surface area contributed by atoms with Gasteiger partial charge in [-0.05, 0) is 62.4 Å².